The summed E-state index contributed by atoms with van der Waals surface area (Å²) < 4.78 is 22.8. The molecule has 9 heavy (non-hydrogen) atoms. The third-order valence-corrected chi connectivity index (χ3v) is 2.49. The summed E-state index contributed by atoms with van der Waals surface area (Å²) in [6.45, 7) is 1.08. The maximum Gasteiger partial charge on any atom is 0.211 e. The monoisotopic (exact) mass is 147 g/mol. The molecule has 0 aliphatic carbocycles. The highest BCUT2D eigenvalue weighted by Crippen LogP contribution is 2.03. The molecule has 0 spiro atoms. The fourth-order valence-electron chi connectivity index (χ4n) is 0.730. The molecule has 1 aliphatic rings. The Bertz CT molecular complexity index is 209. The molecule has 0 N–H and O–H groups in total. The second-order valence-corrected chi connectivity index (χ2v) is 4.03. The molecule has 0 bridgehead atoms. The van der Waals surface area contributed by atoms with Gasteiger partial charge in [0.1, 0.15) is 0 Å². The van der Waals surface area contributed by atoms with Crippen LogP contribution < -0.4 is 0 Å². The highest BCUT2D eigenvalue weighted by molar-refractivity contribution is 7.88. The second-order valence-electron chi connectivity index (χ2n) is 2.05. The Kier molecular flexibility index (Phi) is 1.59. The van der Waals surface area contributed by atoms with Crippen LogP contribution >= 0.6 is 0 Å². The first-order chi connectivity index (χ1) is 4.11. The van der Waals surface area contributed by atoms with Crippen molar-refractivity contribution >= 4 is 10.0 Å². The van der Waals surface area contributed by atoms with Gasteiger partial charge in [0.25, 0.3) is 0 Å². The highest BCUT2D eigenvalue weighted by Gasteiger charge is 2.15. The van der Waals surface area contributed by atoms with Crippen LogP contribution in [0.2, 0.25) is 0 Å². The van der Waals surface area contributed by atoms with Gasteiger partial charge in [0, 0.05) is 13.1 Å². The van der Waals surface area contributed by atoms with E-state index in [4.69, 9.17) is 0 Å². The van der Waals surface area contributed by atoms with Crippen molar-refractivity contribution in [1.82, 2.24) is 4.31 Å². The summed E-state index contributed by atoms with van der Waals surface area (Å²) in [6.07, 6.45) is 4.92. The maximum atomic E-state index is 10.7. The molecular weight excluding hydrogens is 138 g/mol. The van der Waals surface area contributed by atoms with E-state index >= 15 is 0 Å². The van der Waals surface area contributed by atoms with Gasteiger partial charge in [-0.3, -0.25) is 0 Å². The largest absolute Gasteiger partial charge is 0.212 e. The number of rotatable bonds is 1. The molecule has 0 aromatic carbocycles. The third-order valence-electron chi connectivity index (χ3n) is 1.25. The first-order valence-corrected chi connectivity index (χ1v) is 4.55. The average Bonchev–Trinajstić information content (AvgIpc) is 2.08. The standard InChI is InChI=1S/C5H9NO2S/c1-9(7,8)6-4-2-3-5-6/h2-3H,4-5H2,1H3. The molecule has 0 amide bonds. The summed E-state index contributed by atoms with van der Waals surface area (Å²) in [4.78, 5) is 0. The molecule has 0 aromatic rings. The minimum absolute atomic E-state index is 0.541. The van der Waals surface area contributed by atoms with E-state index in [0.29, 0.717) is 13.1 Å². The Balaban J connectivity index is 2.68. The molecule has 1 rings (SSSR count). The third kappa shape index (κ3) is 1.53. The summed E-state index contributed by atoms with van der Waals surface area (Å²) in [5, 5.41) is 0. The van der Waals surface area contributed by atoms with Crippen LogP contribution in [0.5, 0.6) is 0 Å². The lowest BCUT2D eigenvalue weighted by molar-refractivity contribution is 0.494. The molecule has 1 heterocycles. The zero-order valence-corrected chi connectivity index (χ0v) is 6.06. The van der Waals surface area contributed by atoms with Crippen LogP contribution in [0.15, 0.2) is 12.2 Å². The van der Waals surface area contributed by atoms with Gasteiger partial charge in [0.15, 0.2) is 0 Å². The van der Waals surface area contributed by atoms with Gasteiger partial charge in [0.05, 0.1) is 6.26 Å². The molecule has 0 saturated carbocycles. The van der Waals surface area contributed by atoms with Crippen molar-refractivity contribution in [3.63, 3.8) is 0 Å². The fourth-order valence-corrected chi connectivity index (χ4v) is 1.44. The van der Waals surface area contributed by atoms with Gasteiger partial charge in [-0.05, 0) is 0 Å². The van der Waals surface area contributed by atoms with Crippen LogP contribution in [0.4, 0.5) is 0 Å². The summed E-state index contributed by atoms with van der Waals surface area (Å²) in [7, 11) is -2.93. The summed E-state index contributed by atoms with van der Waals surface area (Å²) >= 11 is 0. The van der Waals surface area contributed by atoms with Gasteiger partial charge in [-0.15, -0.1) is 0 Å². The topological polar surface area (TPSA) is 37.4 Å². The Labute approximate surface area is 55.0 Å². The Morgan fingerprint density at radius 2 is 1.78 bits per heavy atom. The van der Waals surface area contributed by atoms with E-state index in [2.05, 4.69) is 0 Å². The van der Waals surface area contributed by atoms with Crippen LogP contribution in [-0.2, 0) is 10.0 Å². The summed E-state index contributed by atoms with van der Waals surface area (Å²) in [6, 6.07) is 0. The highest BCUT2D eigenvalue weighted by atomic mass is 32.2. The van der Waals surface area contributed by atoms with Crippen molar-refractivity contribution in [2.75, 3.05) is 19.3 Å². The van der Waals surface area contributed by atoms with Crippen LogP contribution in [0, 0.1) is 0 Å². The molecule has 3 nitrogen and oxygen atoms in total. The minimum atomic E-state index is -2.93. The van der Waals surface area contributed by atoms with E-state index in [0.717, 1.165) is 0 Å². The lowest BCUT2D eigenvalue weighted by Crippen LogP contribution is -2.26. The Morgan fingerprint density at radius 1 is 1.33 bits per heavy atom. The van der Waals surface area contributed by atoms with E-state index < -0.39 is 10.0 Å². The predicted molar refractivity (Wildman–Crippen MR) is 35.6 cm³/mol. The van der Waals surface area contributed by atoms with Gasteiger partial charge in [-0.2, -0.15) is 4.31 Å². The molecular formula is C5H9NO2S. The number of nitrogens with zero attached hydrogens (tertiary/aromatic N) is 1. The van der Waals surface area contributed by atoms with Gasteiger partial charge in [0.2, 0.25) is 10.0 Å². The number of sulfonamides is 1. The first-order valence-electron chi connectivity index (χ1n) is 2.71. The van der Waals surface area contributed by atoms with Crippen LogP contribution in [0.25, 0.3) is 0 Å². The van der Waals surface area contributed by atoms with Crippen molar-refractivity contribution in [2.45, 2.75) is 0 Å². The predicted octanol–water partition coefficient (Wildman–Crippen LogP) is -0.182. The molecule has 0 aromatic heterocycles. The van der Waals surface area contributed by atoms with Crippen molar-refractivity contribution in [3.8, 4) is 0 Å². The van der Waals surface area contributed by atoms with Crippen molar-refractivity contribution < 1.29 is 8.42 Å². The maximum absolute atomic E-state index is 10.7. The molecule has 0 unspecified atom stereocenters. The van der Waals surface area contributed by atoms with Crippen molar-refractivity contribution in [2.24, 2.45) is 0 Å². The summed E-state index contributed by atoms with van der Waals surface area (Å²) in [5.74, 6) is 0. The second kappa shape index (κ2) is 2.11. The zero-order chi connectivity index (χ0) is 6.91. The molecule has 52 valence electrons. The van der Waals surface area contributed by atoms with Gasteiger partial charge >= 0.3 is 0 Å². The molecule has 0 saturated heterocycles. The minimum Gasteiger partial charge on any atom is -0.212 e. The molecule has 0 radical (unpaired) electrons. The molecule has 0 fully saturated rings. The van der Waals surface area contributed by atoms with E-state index in [1.54, 1.807) is 0 Å². The zero-order valence-electron chi connectivity index (χ0n) is 5.24. The van der Waals surface area contributed by atoms with Crippen LogP contribution in [-0.4, -0.2) is 32.1 Å². The average molecular weight is 147 g/mol. The number of hydrogen-bond acceptors (Lipinski definition) is 2. The number of hydrogen-bond donors (Lipinski definition) is 0. The smallest absolute Gasteiger partial charge is 0.211 e. The van der Waals surface area contributed by atoms with Crippen LogP contribution in [0.1, 0.15) is 0 Å². The van der Waals surface area contributed by atoms with Crippen molar-refractivity contribution in [3.05, 3.63) is 12.2 Å². The van der Waals surface area contributed by atoms with Crippen LogP contribution in [0.3, 0.4) is 0 Å². The Morgan fingerprint density at radius 3 is 2.00 bits per heavy atom. The Hall–Kier alpha value is -0.350. The molecule has 4 heteroatoms. The van der Waals surface area contributed by atoms with E-state index in [-0.39, 0.29) is 0 Å². The van der Waals surface area contributed by atoms with E-state index in [1.807, 2.05) is 12.2 Å². The first kappa shape index (κ1) is 6.77. The van der Waals surface area contributed by atoms with Crippen molar-refractivity contribution in [1.29, 1.82) is 0 Å². The quantitative estimate of drug-likeness (QED) is 0.482. The van der Waals surface area contributed by atoms with Gasteiger partial charge in [-0.1, -0.05) is 12.2 Å². The van der Waals surface area contributed by atoms with E-state index in [1.165, 1.54) is 10.6 Å². The lowest BCUT2D eigenvalue weighted by Gasteiger charge is -2.09. The fraction of sp³-hybridized carbons (Fsp3) is 0.600. The molecule has 1 aliphatic heterocycles. The van der Waals surface area contributed by atoms with Gasteiger partial charge in [-0.25, -0.2) is 8.42 Å². The lowest BCUT2D eigenvalue weighted by atomic mass is 10.6. The normalized spacial score (nSPS) is 21.0. The summed E-state index contributed by atoms with van der Waals surface area (Å²) in [5.41, 5.74) is 0. The SMILES string of the molecule is CS(=O)(=O)N1CC=CC1. The molecule has 0 atom stereocenters. The van der Waals surface area contributed by atoms with E-state index in [9.17, 15) is 8.42 Å². The van der Waals surface area contributed by atoms with Gasteiger partial charge < -0.3 is 0 Å².